The predicted molar refractivity (Wildman–Crippen MR) is 139 cm³/mol. The van der Waals surface area contributed by atoms with E-state index in [4.69, 9.17) is 25.7 Å². The first-order chi connectivity index (χ1) is 17.6. The third kappa shape index (κ3) is 5.74. The van der Waals surface area contributed by atoms with Gasteiger partial charge in [0.25, 0.3) is 0 Å². The molecule has 0 saturated carbocycles. The normalized spacial score (nSPS) is 12.4. The zero-order chi connectivity index (χ0) is 26.7. The number of carbonyl (C=O) groups is 1. The van der Waals surface area contributed by atoms with Gasteiger partial charge >= 0.3 is 5.97 Å². The number of fused-ring (bicyclic) bond motifs is 1. The number of aromatic nitrogens is 4. The van der Waals surface area contributed by atoms with E-state index in [1.54, 1.807) is 67.9 Å². The van der Waals surface area contributed by atoms with Gasteiger partial charge in [0.1, 0.15) is 34.9 Å². The Balaban J connectivity index is 1.65. The first kappa shape index (κ1) is 25.7. The molecule has 4 aromatic rings. The van der Waals surface area contributed by atoms with E-state index in [-0.39, 0.29) is 23.8 Å². The summed E-state index contributed by atoms with van der Waals surface area (Å²) < 4.78 is 26.6. The molecule has 0 radical (unpaired) electrons. The van der Waals surface area contributed by atoms with Crippen LogP contribution < -0.4 is 10.5 Å². The van der Waals surface area contributed by atoms with Crippen molar-refractivity contribution in [3.8, 4) is 22.8 Å². The number of nitrogens with two attached hydrogens (primary N) is 1. The number of carbonyl (C=O) groups excluding carboxylic acids is 1. The highest BCUT2D eigenvalue weighted by atomic mass is 19.1. The van der Waals surface area contributed by atoms with Gasteiger partial charge in [-0.05, 0) is 63.6 Å². The van der Waals surface area contributed by atoms with Crippen LogP contribution in [-0.4, -0.2) is 37.0 Å². The molecule has 0 aliphatic heterocycles. The minimum absolute atomic E-state index is 0.126. The fourth-order valence-corrected chi connectivity index (χ4v) is 3.83. The van der Waals surface area contributed by atoms with Gasteiger partial charge < -0.3 is 15.2 Å². The second-order valence-corrected chi connectivity index (χ2v) is 9.57. The Morgan fingerprint density at radius 3 is 2.49 bits per heavy atom. The molecule has 2 aromatic heterocycles. The van der Waals surface area contributed by atoms with Crippen LogP contribution in [0.25, 0.3) is 22.3 Å². The first-order valence-electron chi connectivity index (χ1n) is 11.9. The van der Waals surface area contributed by atoms with Crippen molar-refractivity contribution >= 4 is 28.5 Å². The smallest absolute Gasteiger partial charge is 0.352 e. The Hall–Kier alpha value is -4.34. The van der Waals surface area contributed by atoms with Crippen LogP contribution in [0.1, 0.15) is 34.1 Å². The number of benzene rings is 2. The molecule has 0 spiro atoms. The van der Waals surface area contributed by atoms with Crippen molar-refractivity contribution < 1.29 is 18.7 Å². The van der Waals surface area contributed by atoms with Gasteiger partial charge in [0.2, 0.25) is 0 Å². The SMILES string of the molecule is CC[C@H](Cn1nc(-c2ccc(Oc3ccccc3F)cc2)c2c(N)ncnc21)C(=N)C(=O)OC(C)(C)C. The Labute approximate surface area is 214 Å². The highest BCUT2D eigenvalue weighted by Gasteiger charge is 2.27. The number of nitrogens with zero attached hydrogens (tertiary/aromatic N) is 4. The molecule has 4 rings (SSSR count). The number of anilines is 1. The number of esters is 1. The van der Waals surface area contributed by atoms with Crippen LogP contribution in [0.3, 0.4) is 0 Å². The fraction of sp³-hybridized carbons (Fsp3) is 0.296. The molecule has 0 unspecified atom stereocenters. The molecule has 0 fully saturated rings. The van der Waals surface area contributed by atoms with Crippen LogP contribution >= 0.6 is 0 Å². The van der Waals surface area contributed by atoms with Gasteiger partial charge in [-0.1, -0.05) is 19.1 Å². The van der Waals surface area contributed by atoms with E-state index in [1.807, 2.05) is 6.92 Å². The lowest BCUT2D eigenvalue weighted by Crippen LogP contribution is -2.34. The van der Waals surface area contributed by atoms with Crippen molar-refractivity contribution in [3.05, 3.63) is 60.7 Å². The number of ether oxygens (including phenoxy) is 2. The molecule has 0 aliphatic rings. The second-order valence-electron chi connectivity index (χ2n) is 9.57. The van der Waals surface area contributed by atoms with E-state index in [0.29, 0.717) is 28.9 Å². The molecule has 0 amide bonds. The summed E-state index contributed by atoms with van der Waals surface area (Å²) in [6, 6.07) is 13.2. The van der Waals surface area contributed by atoms with Gasteiger partial charge in [-0.3, -0.25) is 5.41 Å². The summed E-state index contributed by atoms with van der Waals surface area (Å²) in [4.78, 5) is 21.0. The molecule has 192 valence electrons. The molecule has 0 aliphatic carbocycles. The van der Waals surface area contributed by atoms with Gasteiger partial charge in [-0.25, -0.2) is 23.8 Å². The lowest BCUT2D eigenvalue weighted by atomic mass is 10.00. The molecule has 2 heterocycles. The average Bonchev–Trinajstić information content (AvgIpc) is 3.22. The summed E-state index contributed by atoms with van der Waals surface area (Å²) >= 11 is 0. The zero-order valence-corrected chi connectivity index (χ0v) is 21.2. The zero-order valence-electron chi connectivity index (χ0n) is 21.2. The highest BCUT2D eigenvalue weighted by Crippen LogP contribution is 2.33. The van der Waals surface area contributed by atoms with E-state index in [1.165, 1.54) is 12.4 Å². The van der Waals surface area contributed by atoms with Crippen molar-refractivity contribution in [1.82, 2.24) is 19.7 Å². The summed E-state index contributed by atoms with van der Waals surface area (Å²) in [5.74, 6) is -0.717. The molecule has 0 bridgehead atoms. The molecule has 9 nitrogen and oxygen atoms in total. The maximum Gasteiger partial charge on any atom is 0.352 e. The Bertz CT molecular complexity index is 1440. The predicted octanol–water partition coefficient (Wildman–Crippen LogP) is 5.39. The number of rotatable bonds is 8. The number of halogens is 1. The lowest BCUT2D eigenvalue weighted by Gasteiger charge is -2.22. The fourth-order valence-electron chi connectivity index (χ4n) is 3.83. The van der Waals surface area contributed by atoms with Crippen LogP contribution in [0.4, 0.5) is 10.2 Å². The number of para-hydroxylation sites is 1. The third-order valence-electron chi connectivity index (χ3n) is 5.66. The van der Waals surface area contributed by atoms with E-state index in [9.17, 15) is 9.18 Å². The standard InChI is InChI=1S/C27H29FN6O3/c1-5-16(22(29)26(35)37-27(2,3)4)14-34-25-21(24(30)31-15-32-25)23(33-34)17-10-12-18(13-11-17)36-20-9-7-6-8-19(20)28/h6-13,15-16,29H,5,14H2,1-4H3,(H2,30,31,32)/t16-/m1/s1. The summed E-state index contributed by atoms with van der Waals surface area (Å²) in [5, 5.41) is 13.7. The van der Waals surface area contributed by atoms with Gasteiger partial charge in [0.15, 0.2) is 17.2 Å². The Kier molecular flexibility index (Phi) is 7.19. The topological polar surface area (TPSA) is 129 Å². The van der Waals surface area contributed by atoms with E-state index < -0.39 is 23.3 Å². The minimum Gasteiger partial charge on any atom is -0.455 e. The Morgan fingerprint density at radius 1 is 1.14 bits per heavy atom. The van der Waals surface area contributed by atoms with Crippen molar-refractivity contribution in [1.29, 1.82) is 5.41 Å². The quantitative estimate of drug-likeness (QED) is 0.243. The van der Waals surface area contributed by atoms with Crippen LogP contribution in [0.5, 0.6) is 11.5 Å². The number of hydrogen-bond donors (Lipinski definition) is 2. The van der Waals surface area contributed by atoms with Crippen LogP contribution in [0.2, 0.25) is 0 Å². The summed E-state index contributed by atoms with van der Waals surface area (Å²) in [6.45, 7) is 7.42. The summed E-state index contributed by atoms with van der Waals surface area (Å²) in [6.07, 6.45) is 1.88. The van der Waals surface area contributed by atoms with Crippen LogP contribution in [-0.2, 0) is 16.1 Å². The monoisotopic (exact) mass is 504 g/mol. The third-order valence-corrected chi connectivity index (χ3v) is 5.66. The molecular weight excluding hydrogens is 475 g/mol. The molecule has 0 saturated heterocycles. The van der Waals surface area contributed by atoms with Gasteiger partial charge in [-0.15, -0.1) is 0 Å². The maximum absolute atomic E-state index is 14.0. The minimum atomic E-state index is -0.697. The largest absolute Gasteiger partial charge is 0.455 e. The number of hydrogen-bond acceptors (Lipinski definition) is 8. The van der Waals surface area contributed by atoms with E-state index in [0.717, 1.165) is 5.56 Å². The first-order valence-corrected chi connectivity index (χ1v) is 11.9. The highest BCUT2D eigenvalue weighted by molar-refractivity contribution is 6.36. The Morgan fingerprint density at radius 2 is 1.84 bits per heavy atom. The molecule has 37 heavy (non-hydrogen) atoms. The summed E-state index contributed by atoms with van der Waals surface area (Å²) in [7, 11) is 0. The van der Waals surface area contributed by atoms with E-state index in [2.05, 4.69) is 9.97 Å². The lowest BCUT2D eigenvalue weighted by molar-refractivity contribution is -0.146. The van der Waals surface area contributed by atoms with Gasteiger partial charge in [-0.2, -0.15) is 5.10 Å². The number of nitrogens with one attached hydrogen (secondary N) is 1. The van der Waals surface area contributed by atoms with E-state index >= 15 is 0 Å². The van der Waals surface area contributed by atoms with Crippen LogP contribution in [0, 0.1) is 17.1 Å². The van der Waals surface area contributed by atoms with Gasteiger partial charge in [0, 0.05) is 11.5 Å². The molecule has 2 aromatic carbocycles. The van der Waals surface area contributed by atoms with Crippen molar-refractivity contribution in [2.45, 2.75) is 46.3 Å². The summed E-state index contributed by atoms with van der Waals surface area (Å²) in [5.41, 5.74) is 7.15. The maximum atomic E-state index is 14.0. The number of nitrogen functional groups attached to an aromatic ring is 1. The second kappa shape index (κ2) is 10.3. The molecular formula is C27H29FN6O3. The van der Waals surface area contributed by atoms with Crippen molar-refractivity contribution in [2.24, 2.45) is 5.92 Å². The van der Waals surface area contributed by atoms with Crippen LogP contribution in [0.15, 0.2) is 54.9 Å². The molecule has 1 atom stereocenters. The molecule has 3 N–H and O–H groups in total. The average molecular weight is 505 g/mol. The van der Waals surface area contributed by atoms with Crippen molar-refractivity contribution in [2.75, 3.05) is 5.73 Å². The van der Waals surface area contributed by atoms with Gasteiger partial charge in [0.05, 0.1) is 11.9 Å². The van der Waals surface area contributed by atoms with Crippen molar-refractivity contribution in [3.63, 3.8) is 0 Å². The molecule has 10 heteroatoms.